The summed E-state index contributed by atoms with van der Waals surface area (Å²) in [6.07, 6.45) is 5.79. The van der Waals surface area contributed by atoms with Gasteiger partial charge in [0.1, 0.15) is 11.4 Å². The number of benzene rings is 1. The van der Waals surface area contributed by atoms with E-state index < -0.39 is 0 Å². The molecule has 2 N–H and O–H groups in total. The Morgan fingerprint density at radius 3 is 2.48 bits per heavy atom. The third kappa shape index (κ3) is 2.83. The molecule has 2 aliphatic rings. The van der Waals surface area contributed by atoms with E-state index in [2.05, 4.69) is 45.9 Å². The van der Waals surface area contributed by atoms with Crippen LogP contribution in [-0.2, 0) is 0 Å². The molecule has 1 saturated carbocycles. The van der Waals surface area contributed by atoms with E-state index in [1.165, 1.54) is 24.0 Å². The van der Waals surface area contributed by atoms with Gasteiger partial charge < -0.3 is 10.5 Å². The Hall–Kier alpha value is -1.02. The second kappa shape index (κ2) is 5.01. The zero-order valence-corrected chi connectivity index (χ0v) is 13.9. The van der Waals surface area contributed by atoms with Crippen molar-refractivity contribution in [2.75, 3.05) is 0 Å². The van der Waals surface area contributed by atoms with Gasteiger partial charge in [0.15, 0.2) is 0 Å². The summed E-state index contributed by atoms with van der Waals surface area (Å²) < 4.78 is 6.47. The van der Waals surface area contributed by atoms with Gasteiger partial charge in [-0.2, -0.15) is 0 Å². The summed E-state index contributed by atoms with van der Waals surface area (Å²) >= 11 is 0. The first-order chi connectivity index (χ1) is 9.79. The number of fused-ring (bicyclic) bond motifs is 1. The summed E-state index contributed by atoms with van der Waals surface area (Å²) in [6, 6.07) is 6.56. The predicted octanol–water partition coefficient (Wildman–Crippen LogP) is 4.75. The minimum atomic E-state index is -0.0105. The van der Waals surface area contributed by atoms with Crippen molar-refractivity contribution >= 4 is 0 Å². The monoisotopic (exact) mass is 287 g/mol. The molecule has 1 heterocycles. The molecular formula is C19H29NO. The Morgan fingerprint density at radius 1 is 1.19 bits per heavy atom. The van der Waals surface area contributed by atoms with Gasteiger partial charge in [0, 0.05) is 18.0 Å². The summed E-state index contributed by atoms with van der Waals surface area (Å²) in [5, 5.41) is 0. The Balaban J connectivity index is 1.79. The predicted molar refractivity (Wildman–Crippen MR) is 87.5 cm³/mol. The van der Waals surface area contributed by atoms with Crippen LogP contribution < -0.4 is 10.5 Å². The Kier molecular flexibility index (Phi) is 3.56. The maximum absolute atomic E-state index is 6.47. The molecule has 0 radical (unpaired) electrons. The molecule has 1 spiro atoms. The molecule has 0 saturated heterocycles. The van der Waals surface area contributed by atoms with E-state index in [1.807, 2.05) is 0 Å². The molecule has 3 rings (SSSR count). The van der Waals surface area contributed by atoms with Crippen molar-refractivity contribution in [3.63, 3.8) is 0 Å². The molecule has 1 atom stereocenters. The van der Waals surface area contributed by atoms with Gasteiger partial charge in [-0.1, -0.05) is 38.5 Å². The molecule has 1 aliphatic heterocycles. The van der Waals surface area contributed by atoms with Crippen molar-refractivity contribution in [2.24, 2.45) is 17.1 Å². The SMILES string of the molecule is Cc1ccc2c(c1)[C@H](N)CC1(CCC(C(C)(C)C)CC1)O2. The largest absolute Gasteiger partial charge is 0.487 e. The minimum Gasteiger partial charge on any atom is -0.487 e. The molecule has 2 nitrogen and oxygen atoms in total. The van der Waals surface area contributed by atoms with Crippen molar-refractivity contribution in [2.45, 2.75) is 71.4 Å². The first-order valence-electron chi connectivity index (χ1n) is 8.34. The van der Waals surface area contributed by atoms with Crippen molar-refractivity contribution < 1.29 is 4.74 Å². The van der Waals surface area contributed by atoms with E-state index in [4.69, 9.17) is 10.5 Å². The van der Waals surface area contributed by atoms with Crippen LogP contribution >= 0.6 is 0 Å². The van der Waals surface area contributed by atoms with Gasteiger partial charge in [0.05, 0.1) is 0 Å². The molecule has 21 heavy (non-hydrogen) atoms. The van der Waals surface area contributed by atoms with E-state index in [-0.39, 0.29) is 11.6 Å². The van der Waals surface area contributed by atoms with E-state index in [1.54, 1.807) is 0 Å². The molecule has 1 fully saturated rings. The Bertz CT molecular complexity index is 521. The van der Waals surface area contributed by atoms with Crippen LogP contribution in [0.1, 0.15) is 70.0 Å². The van der Waals surface area contributed by atoms with Gasteiger partial charge in [0.2, 0.25) is 0 Å². The summed E-state index contributed by atoms with van der Waals surface area (Å²) in [5.74, 6) is 1.83. The second-order valence-electron chi connectivity index (χ2n) is 8.28. The van der Waals surface area contributed by atoms with Crippen LogP contribution in [0.3, 0.4) is 0 Å². The highest BCUT2D eigenvalue weighted by Gasteiger charge is 2.44. The third-order valence-electron chi connectivity index (χ3n) is 5.60. The smallest absolute Gasteiger partial charge is 0.124 e. The van der Waals surface area contributed by atoms with Crippen molar-refractivity contribution in [1.82, 2.24) is 0 Å². The number of hydrogen-bond acceptors (Lipinski definition) is 2. The van der Waals surface area contributed by atoms with Crippen LogP contribution in [0.15, 0.2) is 18.2 Å². The zero-order valence-electron chi connectivity index (χ0n) is 13.9. The van der Waals surface area contributed by atoms with Gasteiger partial charge in [-0.15, -0.1) is 0 Å². The minimum absolute atomic E-state index is 0.0105. The molecule has 0 unspecified atom stereocenters. The first-order valence-corrected chi connectivity index (χ1v) is 8.34. The van der Waals surface area contributed by atoms with Crippen LogP contribution in [0, 0.1) is 18.3 Å². The molecule has 1 aromatic rings. The lowest BCUT2D eigenvalue weighted by Crippen LogP contribution is -2.46. The average molecular weight is 287 g/mol. The molecule has 1 aromatic carbocycles. The zero-order chi connectivity index (χ0) is 15.3. The lowest BCUT2D eigenvalue weighted by molar-refractivity contribution is -0.0254. The number of nitrogens with two attached hydrogens (primary N) is 1. The average Bonchev–Trinajstić information content (AvgIpc) is 2.39. The highest BCUT2D eigenvalue weighted by Crippen LogP contribution is 2.49. The van der Waals surface area contributed by atoms with E-state index in [9.17, 15) is 0 Å². The molecule has 2 heteroatoms. The van der Waals surface area contributed by atoms with E-state index >= 15 is 0 Å². The van der Waals surface area contributed by atoms with E-state index in [0.717, 1.165) is 30.9 Å². The molecule has 116 valence electrons. The number of rotatable bonds is 0. The van der Waals surface area contributed by atoms with Crippen LogP contribution in [0.4, 0.5) is 0 Å². The molecule has 0 aromatic heterocycles. The summed E-state index contributed by atoms with van der Waals surface area (Å²) in [7, 11) is 0. The Labute approximate surface area is 129 Å². The lowest BCUT2D eigenvalue weighted by atomic mass is 9.66. The summed E-state index contributed by atoms with van der Waals surface area (Å²) in [6.45, 7) is 9.20. The number of aryl methyl sites for hydroxylation is 1. The fourth-order valence-electron chi connectivity index (χ4n) is 4.15. The highest BCUT2D eigenvalue weighted by atomic mass is 16.5. The molecule has 1 aliphatic carbocycles. The maximum atomic E-state index is 6.47. The summed E-state index contributed by atoms with van der Waals surface area (Å²) in [5.41, 5.74) is 9.32. The van der Waals surface area contributed by atoms with Crippen LogP contribution in [0.25, 0.3) is 0 Å². The maximum Gasteiger partial charge on any atom is 0.124 e. The molecule has 0 amide bonds. The van der Waals surface area contributed by atoms with Gasteiger partial charge in [-0.3, -0.25) is 0 Å². The summed E-state index contributed by atoms with van der Waals surface area (Å²) in [4.78, 5) is 0. The molecular weight excluding hydrogens is 258 g/mol. The molecule has 0 bridgehead atoms. The quantitative estimate of drug-likeness (QED) is 0.747. The van der Waals surface area contributed by atoms with Crippen molar-refractivity contribution in [3.8, 4) is 5.75 Å². The standard InChI is InChI=1S/C19H29NO/c1-13-5-6-17-15(11-13)16(20)12-19(21-17)9-7-14(8-10-19)18(2,3)4/h5-6,11,14,16H,7-10,12,20H2,1-4H3/t14?,16-,19?/m1/s1. The van der Waals surface area contributed by atoms with Crippen LogP contribution in [-0.4, -0.2) is 5.60 Å². The van der Waals surface area contributed by atoms with Gasteiger partial charge in [-0.25, -0.2) is 0 Å². The van der Waals surface area contributed by atoms with Gasteiger partial charge in [-0.05, 0) is 50.0 Å². The fourth-order valence-corrected chi connectivity index (χ4v) is 4.15. The van der Waals surface area contributed by atoms with Crippen molar-refractivity contribution in [1.29, 1.82) is 0 Å². The normalized spacial score (nSPS) is 32.6. The number of hydrogen-bond donors (Lipinski definition) is 1. The van der Waals surface area contributed by atoms with E-state index in [0.29, 0.717) is 5.41 Å². The van der Waals surface area contributed by atoms with Gasteiger partial charge in [0.25, 0.3) is 0 Å². The fraction of sp³-hybridized carbons (Fsp3) is 0.684. The highest BCUT2D eigenvalue weighted by molar-refractivity contribution is 5.41. The van der Waals surface area contributed by atoms with Crippen LogP contribution in [0.2, 0.25) is 0 Å². The van der Waals surface area contributed by atoms with Crippen LogP contribution in [0.5, 0.6) is 5.75 Å². The van der Waals surface area contributed by atoms with Gasteiger partial charge >= 0.3 is 0 Å². The topological polar surface area (TPSA) is 35.2 Å². The van der Waals surface area contributed by atoms with Crippen molar-refractivity contribution in [3.05, 3.63) is 29.3 Å². The lowest BCUT2D eigenvalue weighted by Gasteiger charge is -2.47. The Morgan fingerprint density at radius 2 is 1.86 bits per heavy atom. The second-order valence-corrected chi connectivity index (χ2v) is 8.28. The number of ether oxygens (including phenoxy) is 1. The first kappa shape index (κ1) is 14.9. The third-order valence-corrected chi connectivity index (χ3v) is 5.60.